The van der Waals surface area contributed by atoms with Crippen molar-refractivity contribution in [1.82, 2.24) is 0 Å². The summed E-state index contributed by atoms with van der Waals surface area (Å²) in [6.07, 6.45) is -0.533. The van der Waals surface area contributed by atoms with E-state index in [2.05, 4.69) is 4.72 Å². The molecule has 0 bridgehead atoms. The number of esters is 1. The number of carbonyl (C=O) groups excluding carboxylic acids is 1. The number of anilines is 1. The van der Waals surface area contributed by atoms with E-state index in [-0.39, 0.29) is 34.1 Å². The third kappa shape index (κ3) is 6.03. The molecule has 0 aromatic heterocycles. The third-order valence-corrected chi connectivity index (χ3v) is 6.13. The van der Waals surface area contributed by atoms with Gasteiger partial charge in [-0.1, -0.05) is 12.1 Å². The number of hydrogen-bond acceptors (Lipinski definition) is 7. The molecule has 3 N–H and O–H groups in total. The first-order chi connectivity index (χ1) is 16.1. The Bertz CT molecular complexity index is 1290. The van der Waals surface area contributed by atoms with Gasteiger partial charge in [0.05, 0.1) is 17.2 Å². The van der Waals surface area contributed by atoms with Crippen LogP contribution in [0.5, 0.6) is 11.5 Å². The molecule has 8 nitrogen and oxygen atoms in total. The Morgan fingerprint density at radius 1 is 1.06 bits per heavy atom. The standard InChI is InChI=1S/C24H24FNO7S/c1-3-32-14-15(2)33-24(29)20-9-8-18(13-23(20)28)26-34(30,31)19-6-4-5-16(11-19)21-12-17(25)7-10-22(21)27/h4-13,15,26-28H,3,14H2,1-2H3. The zero-order valence-corrected chi connectivity index (χ0v) is 19.3. The fourth-order valence-electron chi connectivity index (χ4n) is 3.12. The molecule has 0 fully saturated rings. The van der Waals surface area contributed by atoms with Crippen molar-refractivity contribution in [3.05, 3.63) is 72.0 Å². The summed E-state index contributed by atoms with van der Waals surface area (Å²) in [6.45, 7) is 4.12. The van der Waals surface area contributed by atoms with Gasteiger partial charge in [0.2, 0.25) is 0 Å². The maximum Gasteiger partial charge on any atom is 0.342 e. The Morgan fingerprint density at radius 2 is 1.82 bits per heavy atom. The van der Waals surface area contributed by atoms with Crippen molar-refractivity contribution in [2.45, 2.75) is 24.8 Å². The summed E-state index contributed by atoms with van der Waals surface area (Å²) in [4.78, 5) is 12.1. The van der Waals surface area contributed by atoms with Crippen molar-refractivity contribution in [3.63, 3.8) is 0 Å². The zero-order chi connectivity index (χ0) is 24.9. The van der Waals surface area contributed by atoms with E-state index in [0.29, 0.717) is 12.2 Å². The van der Waals surface area contributed by atoms with Gasteiger partial charge in [-0.2, -0.15) is 0 Å². The van der Waals surface area contributed by atoms with Gasteiger partial charge in [-0.3, -0.25) is 4.72 Å². The Hall–Kier alpha value is -3.63. The van der Waals surface area contributed by atoms with Gasteiger partial charge >= 0.3 is 5.97 Å². The van der Waals surface area contributed by atoms with Gasteiger partial charge in [0.15, 0.2) is 0 Å². The molecule has 0 saturated heterocycles. The van der Waals surface area contributed by atoms with E-state index >= 15 is 0 Å². The molecule has 3 aromatic rings. The van der Waals surface area contributed by atoms with Crippen LogP contribution in [-0.2, 0) is 19.5 Å². The molecule has 34 heavy (non-hydrogen) atoms. The van der Waals surface area contributed by atoms with Crippen molar-refractivity contribution in [3.8, 4) is 22.6 Å². The van der Waals surface area contributed by atoms with Crippen LogP contribution in [0.3, 0.4) is 0 Å². The fraction of sp³-hybridized carbons (Fsp3) is 0.208. The second-order valence-corrected chi connectivity index (χ2v) is 9.08. The van der Waals surface area contributed by atoms with Crippen molar-refractivity contribution in [1.29, 1.82) is 0 Å². The second kappa shape index (κ2) is 10.5. The smallest absolute Gasteiger partial charge is 0.342 e. The second-order valence-electron chi connectivity index (χ2n) is 7.40. The molecule has 180 valence electrons. The van der Waals surface area contributed by atoms with Crippen LogP contribution >= 0.6 is 0 Å². The van der Waals surface area contributed by atoms with E-state index in [9.17, 15) is 27.8 Å². The summed E-state index contributed by atoms with van der Waals surface area (Å²) in [5.41, 5.74) is 0.309. The first-order valence-corrected chi connectivity index (χ1v) is 11.8. The summed E-state index contributed by atoms with van der Waals surface area (Å²) >= 11 is 0. The summed E-state index contributed by atoms with van der Waals surface area (Å²) in [7, 11) is -4.12. The Labute approximate surface area is 196 Å². The van der Waals surface area contributed by atoms with Gasteiger partial charge in [-0.05, 0) is 61.9 Å². The highest BCUT2D eigenvalue weighted by Crippen LogP contribution is 2.32. The molecular weight excluding hydrogens is 465 g/mol. The molecule has 1 unspecified atom stereocenters. The van der Waals surface area contributed by atoms with Crippen LogP contribution < -0.4 is 4.72 Å². The number of nitrogens with one attached hydrogen (secondary N) is 1. The van der Waals surface area contributed by atoms with Crippen molar-refractivity contribution >= 4 is 21.7 Å². The Balaban J connectivity index is 1.80. The van der Waals surface area contributed by atoms with Crippen LogP contribution in [-0.4, -0.2) is 43.9 Å². The number of aromatic hydroxyl groups is 2. The summed E-state index contributed by atoms with van der Waals surface area (Å²) in [5.74, 6) is -2.03. The summed E-state index contributed by atoms with van der Waals surface area (Å²) in [6, 6.07) is 12.6. The minimum absolute atomic E-state index is 0.00965. The molecule has 0 saturated carbocycles. The van der Waals surface area contributed by atoms with E-state index in [1.807, 2.05) is 6.92 Å². The molecule has 1 atom stereocenters. The number of rotatable bonds is 9. The average molecular weight is 490 g/mol. The number of carbonyl (C=O) groups is 1. The predicted molar refractivity (Wildman–Crippen MR) is 124 cm³/mol. The summed E-state index contributed by atoms with van der Waals surface area (Å²) < 4.78 is 52.0. The highest BCUT2D eigenvalue weighted by atomic mass is 32.2. The normalized spacial score (nSPS) is 12.2. The van der Waals surface area contributed by atoms with Gasteiger partial charge in [-0.25, -0.2) is 17.6 Å². The van der Waals surface area contributed by atoms with Crippen LogP contribution in [0.2, 0.25) is 0 Å². The van der Waals surface area contributed by atoms with Crippen molar-refractivity contribution in [2.75, 3.05) is 17.9 Å². The maximum atomic E-state index is 13.6. The SMILES string of the molecule is CCOCC(C)OC(=O)c1ccc(NS(=O)(=O)c2cccc(-c3cc(F)ccc3O)c2)cc1O. The van der Waals surface area contributed by atoms with Crippen LogP contribution in [0.4, 0.5) is 10.1 Å². The number of phenols is 2. The predicted octanol–water partition coefficient (Wildman–Crippen LogP) is 4.29. The number of hydrogen-bond donors (Lipinski definition) is 3. The van der Waals surface area contributed by atoms with E-state index in [0.717, 1.165) is 18.2 Å². The number of phenolic OH excluding ortho intramolecular Hbond substituents is 2. The quantitative estimate of drug-likeness (QED) is 0.383. The lowest BCUT2D eigenvalue weighted by molar-refractivity contribution is 0.00417. The number of sulfonamides is 1. The van der Waals surface area contributed by atoms with Crippen LogP contribution in [0.15, 0.2) is 65.6 Å². The fourth-order valence-corrected chi connectivity index (χ4v) is 4.21. The lowest BCUT2D eigenvalue weighted by Crippen LogP contribution is -2.20. The van der Waals surface area contributed by atoms with Crippen LogP contribution in [0.1, 0.15) is 24.2 Å². The van der Waals surface area contributed by atoms with E-state index in [1.54, 1.807) is 6.92 Å². The average Bonchev–Trinajstić information content (AvgIpc) is 2.79. The largest absolute Gasteiger partial charge is 0.507 e. The van der Waals surface area contributed by atoms with Gasteiger partial charge in [0.1, 0.15) is 29.0 Å². The van der Waals surface area contributed by atoms with Gasteiger partial charge in [0, 0.05) is 18.2 Å². The topological polar surface area (TPSA) is 122 Å². The molecule has 3 rings (SSSR count). The molecule has 0 heterocycles. The summed E-state index contributed by atoms with van der Waals surface area (Å²) in [5, 5.41) is 20.2. The minimum atomic E-state index is -4.12. The lowest BCUT2D eigenvalue weighted by Gasteiger charge is -2.14. The van der Waals surface area contributed by atoms with E-state index < -0.39 is 33.7 Å². The molecule has 3 aromatic carbocycles. The van der Waals surface area contributed by atoms with Crippen LogP contribution in [0.25, 0.3) is 11.1 Å². The molecule has 0 spiro atoms. The third-order valence-electron chi connectivity index (χ3n) is 4.75. The molecular formula is C24H24FNO7S. The Kier molecular flexibility index (Phi) is 7.75. The maximum absolute atomic E-state index is 13.6. The highest BCUT2D eigenvalue weighted by molar-refractivity contribution is 7.92. The van der Waals surface area contributed by atoms with Gasteiger partial charge < -0.3 is 19.7 Å². The highest BCUT2D eigenvalue weighted by Gasteiger charge is 2.20. The molecule has 0 aliphatic heterocycles. The molecule has 0 amide bonds. The van der Waals surface area contributed by atoms with E-state index in [4.69, 9.17) is 9.47 Å². The number of ether oxygens (including phenoxy) is 2. The molecule has 10 heteroatoms. The van der Waals surface area contributed by atoms with Crippen molar-refractivity contribution < 1.29 is 37.3 Å². The van der Waals surface area contributed by atoms with Crippen molar-refractivity contribution in [2.24, 2.45) is 0 Å². The monoisotopic (exact) mass is 489 g/mol. The molecule has 0 aliphatic carbocycles. The van der Waals surface area contributed by atoms with Gasteiger partial charge in [-0.15, -0.1) is 0 Å². The zero-order valence-electron chi connectivity index (χ0n) is 18.5. The van der Waals surface area contributed by atoms with Gasteiger partial charge in [0.25, 0.3) is 10.0 Å². The molecule has 0 radical (unpaired) electrons. The number of halogens is 1. The lowest BCUT2D eigenvalue weighted by atomic mass is 10.0. The number of benzene rings is 3. The van der Waals surface area contributed by atoms with E-state index in [1.165, 1.54) is 42.5 Å². The first-order valence-electron chi connectivity index (χ1n) is 10.3. The minimum Gasteiger partial charge on any atom is -0.507 e. The van der Waals surface area contributed by atoms with Crippen LogP contribution in [0, 0.1) is 5.82 Å². The Morgan fingerprint density at radius 3 is 2.53 bits per heavy atom. The molecule has 0 aliphatic rings. The first kappa shape index (κ1) is 25.0.